The van der Waals surface area contributed by atoms with E-state index in [1.165, 1.54) is 10.9 Å². The minimum atomic E-state index is -0.161. The van der Waals surface area contributed by atoms with Gasteiger partial charge in [0.25, 0.3) is 0 Å². The Hall–Kier alpha value is -1.67. The second-order valence-corrected chi connectivity index (χ2v) is 5.84. The first-order valence-corrected chi connectivity index (χ1v) is 7.66. The van der Waals surface area contributed by atoms with Crippen molar-refractivity contribution in [3.63, 3.8) is 0 Å². The zero-order valence-corrected chi connectivity index (χ0v) is 12.8. The number of aliphatic hydroxyl groups excluding tert-OH is 1. The maximum Gasteiger partial charge on any atom is 0.127 e. The summed E-state index contributed by atoms with van der Waals surface area (Å²) < 4.78 is 13.6. The third-order valence-electron chi connectivity index (χ3n) is 2.95. The van der Waals surface area contributed by atoms with Gasteiger partial charge in [0.2, 0.25) is 0 Å². The molecule has 1 heterocycles. The Bertz CT molecular complexity index is 641. The van der Waals surface area contributed by atoms with Gasteiger partial charge in [-0.05, 0) is 19.2 Å². The molecule has 21 heavy (non-hydrogen) atoms. The van der Waals surface area contributed by atoms with Crippen molar-refractivity contribution in [2.24, 2.45) is 0 Å². The van der Waals surface area contributed by atoms with E-state index >= 15 is 0 Å². The predicted molar refractivity (Wildman–Crippen MR) is 84.5 cm³/mol. The molecule has 0 spiro atoms. The molecule has 0 atom stereocenters. The van der Waals surface area contributed by atoms with E-state index in [1.54, 1.807) is 17.4 Å². The number of hydrogen-bond acceptors (Lipinski definition) is 3. The van der Waals surface area contributed by atoms with E-state index in [4.69, 9.17) is 5.11 Å². The fourth-order valence-corrected chi connectivity index (χ4v) is 2.88. The summed E-state index contributed by atoms with van der Waals surface area (Å²) in [4.78, 5) is 3.27. The molecule has 0 bridgehead atoms. The lowest BCUT2D eigenvalue weighted by Gasteiger charge is -2.15. The van der Waals surface area contributed by atoms with E-state index in [-0.39, 0.29) is 12.4 Å². The van der Waals surface area contributed by atoms with Crippen molar-refractivity contribution in [2.75, 3.05) is 13.7 Å². The van der Waals surface area contributed by atoms with Gasteiger partial charge in [0.15, 0.2) is 0 Å². The molecule has 4 heteroatoms. The molecule has 1 aromatic carbocycles. The predicted octanol–water partition coefficient (Wildman–Crippen LogP) is 3.25. The third-order valence-corrected chi connectivity index (χ3v) is 3.87. The van der Waals surface area contributed by atoms with Gasteiger partial charge in [0.05, 0.1) is 6.61 Å². The second-order valence-electron chi connectivity index (χ2n) is 4.84. The summed E-state index contributed by atoms with van der Waals surface area (Å²) in [5.74, 6) is 5.77. The largest absolute Gasteiger partial charge is 0.395 e. The van der Waals surface area contributed by atoms with Crippen molar-refractivity contribution in [2.45, 2.75) is 19.5 Å². The first-order chi connectivity index (χ1) is 10.2. The summed E-state index contributed by atoms with van der Waals surface area (Å²) in [5, 5.41) is 10.7. The van der Waals surface area contributed by atoms with Crippen LogP contribution in [0.3, 0.4) is 0 Å². The van der Waals surface area contributed by atoms with Crippen LogP contribution in [0.15, 0.2) is 35.7 Å². The highest BCUT2D eigenvalue weighted by molar-refractivity contribution is 7.10. The van der Waals surface area contributed by atoms with Crippen molar-refractivity contribution in [1.29, 1.82) is 0 Å². The highest BCUT2D eigenvalue weighted by atomic mass is 32.1. The minimum Gasteiger partial charge on any atom is -0.395 e. The Morgan fingerprint density at radius 1 is 1.29 bits per heavy atom. The molecule has 0 fully saturated rings. The summed E-state index contributed by atoms with van der Waals surface area (Å²) in [6.45, 7) is 1.44. The minimum absolute atomic E-state index is 0.0926. The van der Waals surface area contributed by atoms with Crippen LogP contribution in [-0.4, -0.2) is 23.7 Å². The zero-order valence-electron chi connectivity index (χ0n) is 12.0. The van der Waals surface area contributed by atoms with Crippen molar-refractivity contribution in [3.05, 3.63) is 57.5 Å². The van der Waals surface area contributed by atoms with E-state index in [1.807, 2.05) is 30.6 Å². The van der Waals surface area contributed by atoms with Crippen LogP contribution in [0.2, 0.25) is 0 Å². The number of hydrogen-bond donors (Lipinski definition) is 1. The standard InChI is InChI=1S/C17H18FNOS/c1-19(11-15-7-2-3-8-17(15)18)12-16-10-14(13-21-16)6-4-5-9-20/h2-3,7-8,10,13,20H,5,9,11-12H2,1H3. The molecule has 2 rings (SSSR count). The number of nitrogens with zero attached hydrogens (tertiary/aromatic N) is 1. The van der Waals surface area contributed by atoms with Crippen LogP contribution in [-0.2, 0) is 13.1 Å². The molecule has 110 valence electrons. The Balaban J connectivity index is 1.93. The smallest absolute Gasteiger partial charge is 0.127 e. The average Bonchev–Trinajstić information content (AvgIpc) is 2.89. The molecule has 0 saturated carbocycles. The maximum atomic E-state index is 13.6. The molecule has 2 nitrogen and oxygen atoms in total. The van der Waals surface area contributed by atoms with Gasteiger partial charge in [0, 0.05) is 40.9 Å². The van der Waals surface area contributed by atoms with Crippen molar-refractivity contribution >= 4 is 11.3 Å². The number of benzene rings is 1. The van der Waals surface area contributed by atoms with Crippen LogP contribution in [0.1, 0.15) is 22.4 Å². The Morgan fingerprint density at radius 3 is 2.86 bits per heavy atom. The summed E-state index contributed by atoms with van der Waals surface area (Å²) in [6, 6.07) is 8.91. The van der Waals surface area contributed by atoms with Gasteiger partial charge in [-0.15, -0.1) is 11.3 Å². The first-order valence-electron chi connectivity index (χ1n) is 6.78. The SMILES string of the molecule is CN(Cc1cc(C#CCCO)cs1)Cc1ccccc1F. The van der Waals surface area contributed by atoms with Crippen molar-refractivity contribution in [1.82, 2.24) is 4.90 Å². The maximum absolute atomic E-state index is 13.6. The van der Waals surface area contributed by atoms with Crippen molar-refractivity contribution < 1.29 is 9.50 Å². The number of aliphatic hydroxyl groups is 1. The Morgan fingerprint density at radius 2 is 2.10 bits per heavy atom. The lowest BCUT2D eigenvalue weighted by molar-refractivity contribution is 0.305. The average molecular weight is 303 g/mol. The normalized spacial score (nSPS) is 10.5. The monoisotopic (exact) mass is 303 g/mol. The van der Waals surface area contributed by atoms with Crippen LogP contribution in [0.4, 0.5) is 4.39 Å². The molecule has 0 radical (unpaired) electrons. The van der Waals surface area contributed by atoms with E-state index in [9.17, 15) is 4.39 Å². The molecule has 0 unspecified atom stereocenters. The molecule has 0 aliphatic heterocycles. The molecule has 0 aliphatic carbocycles. The van der Waals surface area contributed by atoms with Crippen LogP contribution in [0.5, 0.6) is 0 Å². The summed E-state index contributed by atoms with van der Waals surface area (Å²) in [5.41, 5.74) is 1.68. The Kier molecular flexibility index (Phi) is 5.94. The van der Waals surface area contributed by atoms with Gasteiger partial charge in [-0.1, -0.05) is 30.0 Å². The van der Waals surface area contributed by atoms with E-state index < -0.39 is 0 Å². The molecule has 2 aromatic rings. The second kappa shape index (κ2) is 7.94. The summed E-state index contributed by atoms with van der Waals surface area (Å²) in [7, 11) is 1.98. The first kappa shape index (κ1) is 15.7. The van der Waals surface area contributed by atoms with Crippen LogP contribution >= 0.6 is 11.3 Å². The molecule has 1 aromatic heterocycles. The lowest BCUT2D eigenvalue weighted by atomic mass is 10.2. The molecular formula is C17H18FNOS. The fraction of sp³-hybridized carbons (Fsp3) is 0.294. The molecule has 0 amide bonds. The highest BCUT2D eigenvalue weighted by Gasteiger charge is 2.07. The van der Waals surface area contributed by atoms with E-state index in [0.29, 0.717) is 18.5 Å². The van der Waals surface area contributed by atoms with E-state index in [0.717, 1.165) is 12.1 Å². The van der Waals surface area contributed by atoms with Crippen LogP contribution < -0.4 is 0 Å². The van der Waals surface area contributed by atoms with Crippen LogP contribution in [0.25, 0.3) is 0 Å². The van der Waals surface area contributed by atoms with Gasteiger partial charge in [-0.3, -0.25) is 4.90 Å². The van der Waals surface area contributed by atoms with Gasteiger partial charge < -0.3 is 5.11 Å². The summed E-state index contributed by atoms with van der Waals surface area (Å²) in [6.07, 6.45) is 0.498. The molecule has 0 aliphatic rings. The van der Waals surface area contributed by atoms with Gasteiger partial charge in [-0.25, -0.2) is 4.39 Å². The van der Waals surface area contributed by atoms with Gasteiger partial charge in [-0.2, -0.15) is 0 Å². The molecular weight excluding hydrogens is 285 g/mol. The third kappa shape index (κ3) is 4.98. The number of rotatable bonds is 5. The quantitative estimate of drug-likeness (QED) is 0.857. The van der Waals surface area contributed by atoms with Crippen LogP contribution in [0, 0.1) is 17.7 Å². The van der Waals surface area contributed by atoms with Gasteiger partial charge in [0.1, 0.15) is 5.82 Å². The van der Waals surface area contributed by atoms with Crippen molar-refractivity contribution in [3.8, 4) is 11.8 Å². The van der Waals surface area contributed by atoms with Gasteiger partial charge >= 0.3 is 0 Å². The highest BCUT2D eigenvalue weighted by Crippen LogP contribution is 2.17. The fourth-order valence-electron chi connectivity index (χ4n) is 1.99. The topological polar surface area (TPSA) is 23.5 Å². The number of halogens is 1. The van der Waals surface area contributed by atoms with E-state index in [2.05, 4.69) is 16.7 Å². The molecule has 0 saturated heterocycles. The summed E-state index contributed by atoms with van der Waals surface area (Å²) >= 11 is 1.65. The Labute approximate surface area is 128 Å². The number of thiophene rings is 1. The zero-order chi connectivity index (χ0) is 15.1. The lowest BCUT2D eigenvalue weighted by Crippen LogP contribution is -2.17. The molecule has 1 N–H and O–H groups in total.